The van der Waals surface area contributed by atoms with Crippen LogP contribution in [0.1, 0.15) is 5.56 Å². The minimum Gasteiger partial charge on any atom is -0.316 e. The second kappa shape index (κ2) is 7.62. The van der Waals surface area contributed by atoms with Crippen molar-refractivity contribution >= 4 is 23.4 Å². The Bertz CT molecular complexity index is 548. The Balaban J connectivity index is 1.92. The molecule has 2 aromatic rings. The molecule has 1 heterocycles. The van der Waals surface area contributed by atoms with Gasteiger partial charge < -0.3 is 5.32 Å². The molecule has 20 heavy (non-hydrogen) atoms. The Morgan fingerprint density at radius 2 is 2.05 bits per heavy atom. The fourth-order valence-corrected chi connectivity index (χ4v) is 3.01. The van der Waals surface area contributed by atoms with Crippen molar-refractivity contribution in [2.75, 3.05) is 12.8 Å². The monoisotopic (exact) mass is 310 g/mol. The summed E-state index contributed by atoms with van der Waals surface area (Å²) in [5.41, 5.74) is 1.08. The molecule has 0 spiro atoms. The van der Waals surface area contributed by atoms with Crippen LogP contribution in [0, 0.1) is 5.82 Å². The largest absolute Gasteiger partial charge is 0.316 e. The summed E-state index contributed by atoms with van der Waals surface area (Å²) in [4.78, 5) is 5.05. The van der Waals surface area contributed by atoms with Gasteiger partial charge in [0.05, 0.1) is 5.02 Å². The van der Waals surface area contributed by atoms with Gasteiger partial charge in [-0.15, -0.1) is 11.8 Å². The molecule has 2 nitrogen and oxygen atoms in total. The van der Waals surface area contributed by atoms with Gasteiger partial charge in [0.25, 0.3) is 0 Å². The maximum atomic E-state index is 12.8. The third-order valence-electron chi connectivity index (χ3n) is 3.00. The summed E-state index contributed by atoms with van der Waals surface area (Å²) in [6.45, 7) is 0. The van der Waals surface area contributed by atoms with E-state index >= 15 is 0 Å². The summed E-state index contributed by atoms with van der Waals surface area (Å²) in [5, 5.41) is 3.98. The van der Waals surface area contributed by atoms with E-state index in [-0.39, 0.29) is 5.82 Å². The van der Waals surface area contributed by atoms with Crippen molar-refractivity contribution in [1.82, 2.24) is 10.3 Å². The number of pyridine rings is 1. The number of nitrogens with one attached hydrogen (secondary N) is 1. The molecule has 1 aromatic heterocycles. The quantitative estimate of drug-likeness (QED) is 0.822. The van der Waals surface area contributed by atoms with E-state index in [4.69, 9.17) is 11.6 Å². The van der Waals surface area contributed by atoms with E-state index < -0.39 is 0 Å². The number of rotatable bonds is 6. The molecule has 0 saturated carbocycles. The zero-order valence-corrected chi connectivity index (χ0v) is 12.7. The summed E-state index contributed by atoms with van der Waals surface area (Å²) < 4.78 is 12.8. The van der Waals surface area contributed by atoms with E-state index in [9.17, 15) is 4.39 Å². The minimum atomic E-state index is -0.205. The number of benzene rings is 1. The van der Waals surface area contributed by atoms with Crippen LogP contribution in [0.2, 0.25) is 5.02 Å². The second-order valence-electron chi connectivity index (χ2n) is 4.42. The van der Waals surface area contributed by atoms with Crippen LogP contribution in [0.15, 0.2) is 47.6 Å². The van der Waals surface area contributed by atoms with Crippen molar-refractivity contribution in [3.05, 3.63) is 59.1 Å². The lowest BCUT2D eigenvalue weighted by atomic mass is 10.1. The average Bonchev–Trinajstić information content (AvgIpc) is 2.47. The van der Waals surface area contributed by atoms with Gasteiger partial charge in [-0.05, 0) is 49.4 Å². The predicted molar refractivity (Wildman–Crippen MR) is 82.9 cm³/mol. The lowest BCUT2D eigenvalue weighted by molar-refractivity contribution is 0.616. The highest BCUT2D eigenvalue weighted by Gasteiger charge is 2.10. The normalized spacial score (nSPS) is 12.3. The van der Waals surface area contributed by atoms with Crippen LogP contribution in [-0.4, -0.2) is 23.8 Å². The fourth-order valence-electron chi connectivity index (χ4n) is 1.81. The molecule has 0 bridgehead atoms. The summed E-state index contributed by atoms with van der Waals surface area (Å²) in [7, 11) is 1.94. The molecule has 2 rings (SSSR count). The van der Waals surface area contributed by atoms with Crippen LogP contribution >= 0.6 is 23.4 Å². The third kappa shape index (κ3) is 4.47. The van der Waals surface area contributed by atoms with Crippen LogP contribution in [0.25, 0.3) is 0 Å². The first kappa shape index (κ1) is 15.3. The summed E-state index contributed by atoms with van der Waals surface area (Å²) in [6.07, 6.45) is 4.25. The zero-order chi connectivity index (χ0) is 14.4. The SMILES string of the molecule is CNC(CSc1ccc(F)cc1)Cc1ccncc1Cl. The van der Waals surface area contributed by atoms with E-state index in [0.29, 0.717) is 11.1 Å². The van der Waals surface area contributed by atoms with E-state index in [2.05, 4.69) is 10.3 Å². The van der Waals surface area contributed by atoms with Gasteiger partial charge in [0, 0.05) is 29.1 Å². The Labute approximate surface area is 127 Å². The number of nitrogens with zero attached hydrogens (tertiary/aromatic N) is 1. The molecule has 0 aliphatic rings. The minimum absolute atomic E-state index is 0.205. The van der Waals surface area contributed by atoms with E-state index in [0.717, 1.165) is 22.6 Å². The highest BCUT2D eigenvalue weighted by Crippen LogP contribution is 2.21. The number of hydrogen-bond donors (Lipinski definition) is 1. The van der Waals surface area contributed by atoms with Gasteiger partial charge in [0.2, 0.25) is 0 Å². The highest BCUT2D eigenvalue weighted by molar-refractivity contribution is 7.99. The van der Waals surface area contributed by atoms with Crippen molar-refractivity contribution in [1.29, 1.82) is 0 Å². The number of hydrogen-bond acceptors (Lipinski definition) is 3. The van der Waals surface area contributed by atoms with Crippen molar-refractivity contribution in [3.63, 3.8) is 0 Å². The van der Waals surface area contributed by atoms with Crippen LogP contribution in [0.3, 0.4) is 0 Å². The lowest BCUT2D eigenvalue weighted by Gasteiger charge is -2.16. The summed E-state index contributed by atoms with van der Waals surface area (Å²) in [6, 6.07) is 8.80. The van der Waals surface area contributed by atoms with Crippen LogP contribution in [-0.2, 0) is 6.42 Å². The van der Waals surface area contributed by atoms with E-state index in [1.807, 2.05) is 13.1 Å². The molecule has 0 radical (unpaired) electrons. The molecule has 1 N–H and O–H groups in total. The number of halogens is 2. The first-order chi connectivity index (χ1) is 9.69. The van der Waals surface area contributed by atoms with Gasteiger partial charge in [0.1, 0.15) is 5.82 Å². The third-order valence-corrected chi connectivity index (χ3v) is 4.51. The highest BCUT2D eigenvalue weighted by atomic mass is 35.5. The average molecular weight is 311 g/mol. The van der Waals surface area contributed by atoms with Crippen molar-refractivity contribution in [2.45, 2.75) is 17.4 Å². The topological polar surface area (TPSA) is 24.9 Å². The van der Waals surface area contributed by atoms with Gasteiger partial charge in [0.15, 0.2) is 0 Å². The Morgan fingerprint density at radius 3 is 2.70 bits per heavy atom. The maximum absolute atomic E-state index is 12.8. The molecule has 0 saturated heterocycles. The Morgan fingerprint density at radius 1 is 1.30 bits per heavy atom. The Kier molecular flexibility index (Phi) is 5.83. The standard InChI is InChI=1S/C15H16ClFN2S/c1-18-13(8-11-6-7-19-9-15(11)16)10-20-14-4-2-12(17)3-5-14/h2-7,9,13,18H,8,10H2,1H3. The van der Waals surface area contributed by atoms with Crippen LogP contribution < -0.4 is 5.32 Å². The van der Waals surface area contributed by atoms with Gasteiger partial charge in [-0.3, -0.25) is 4.98 Å². The molecule has 0 aliphatic carbocycles. The predicted octanol–water partition coefficient (Wildman–Crippen LogP) is 3.80. The number of aromatic nitrogens is 1. The number of likely N-dealkylation sites (N-methyl/N-ethyl adjacent to an activating group) is 1. The molecule has 5 heteroatoms. The molecule has 0 fully saturated rings. The molecule has 106 valence electrons. The molecule has 1 aromatic carbocycles. The van der Waals surface area contributed by atoms with Gasteiger partial charge in [-0.25, -0.2) is 4.39 Å². The summed E-state index contributed by atoms with van der Waals surface area (Å²) >= 11 is 7.82. The number of thioether (sulfide) groups is 1. The second-order valence-corrected chi connectivity index (χ2v) is 5.92. The van der Waals surface area contributed by atoms with Gasteiger partial charge in [-0.1, -0.05) is 11.6 Å². The Hall–Kier alpha value is -1.10. The first-order valence-electron chi connectivity index (χ1n) is 6.33. The molecular weight excluding hydrogens is 295 g/mol. The smallest absolute Gasteiger partial charge is 0.123 e. The van der Waals surface area contributed by atoms with E-state index in [1.165, 1.54) is 12.1 Å². The van der Waals surface area contributed by atoms with Crippen molar-refractivity contribution in [2.24, 2.45) is 0 Å². The molecular formula is C15H16ClFN2S. The fraction of sp³-hybridized carbons (Fsp3) is 0.267. The van der Waals surface area contributed by atoms with E-state index in [1.54, 1.807) is 36.3 Å². The lowest BCUT2D eigenvalue weighted by Crippen LogP contribution is -2.30. The van der Waals surface area contributed by atoms with Crippen LogP contribution in [0.5, 0.6) is 0 Å². The molecule has 0 amide bonds. The zero-order valence-electron chi connectivity index (χ0n) is 11.1. The summed E-state index contributed by atoms with van der Waals surface area (Å²) in [5.74, 6) is 0.684. The molecule has 0 aliphatic heterocycles. The first-order valence-corrected chi connectivity index (χ1v) is 7.69. The van der Waals surface area contributed by atoms with Gasteiger partial charge in [-0.2, -0.15) is 0 Å². The molecule has 1 atom stereocenters. The maximum Gasteiger partial charge on any atom is 0.123 e. The van der Waals surface area contributed by atoms with Crippen molar-refractivity contribution < 1.29 is 4.39 Å². The molecule has 1 unspecified atom stereocenters. The van der Waals surface area contributed by atoms with Crippen LogP contribution in [0.4, 0.5) is 4.39 Å². The van der Waals surface area contributed by atoms with Crippen molar-refractivity contribution in [3.8, 4) is 0 Å². The van der Waals surface area contributed by atoms with Gasteiger partial charge >= 0.3 is 0 Å².